The second-order valence-electron chi connectivity index (χ2n) is 4.78. The van der Waals surface area contributed by atoms with Gasteiger partial charge < -0.3 is 10.1 Å². The summed E-state index contributed by atoms with van der Waals surface area (Å²) >= 11 is 11.5. The fourth-order valence-corrected chi connectivity index (χ4v) is 2.26. The molecule has 0 radical (unpaired) electrons. The number of nitrogens with one attached hydrogen (secondary N) is 1. The lowest BCUT2D eigenvalue weighted by Gasteiger charge is -2.10. The van der Waals surface area contributed by atoms with Gasteiger partial charge in [-0.05, 0) is 24.6 Å². The zero-order chi connectivity index (χ0) is 18.4. The van der Waals surface area contributed by atoms with Crippen molar-refractivity contribution in [3.8, 4) is 0 Å². The number of carbonyl (C=O) groups is 1. The van der Waals surface area contributed by atoms with Crippen LogP contribution >= 0.6 is 23.2 Å². The van der Waals surface area contributed by atoms with E-state index in [2.05, 4.69) is 15.3 Å². The van der Waals surface area contributed by atoms with Crippen molar-refractivity contribution in [1.82, 2.24) is 9.97 Å². The van der Waals surface area contributed by atoms with Crippen LogP contribution in [0.15, 0.2) is 36.3 Å². The fraction of sp³-hybridized carbons (Fsp3) is 0.188. The molecule has 2 aromatic rings. The Morgan fingerprint density at radius 1 is 1.32 bits per heavy atom. The normalized spacial score (nSPS) is 11.3. The summed E-state index contributed by atoms with van der Waals surface area (Å²) in [6, 6.07) is 2.48. The van der Waals surface area contributed by atoms with Crippen molar-refractivity contribution in [2.75, 3.05) is 11.9 Å². The summed E-state index contributed by atoms with van der Waals surface area (Å²) in [6.45, 7) is 1.78. The Hall–Kier alpha value is -2.25. The molecule has 9 heteroatoms. The highest BCUT2D eigenvalue weighted by molar-refractivity contribution is 6.33. The van der Waals surface area contributed by atoms with Gasteiger partial charge in [0.25, 0.3) is 0 Å². The quantitative estimate of drug-likeness (QED) is 0.457. The second-order valence-corrected chi connectivity index (χ2v) is 5.49. The SMILES string of the molecule is CCOC(=O)C(=CNc1ccncc1F)Cc1cc(F)c(Cl)nc1Cl. The third kappa shape index (κ3) is 5.11. The third-order valence-corrected chi connectivity index (χ3v) is 3.64. The summed E-state index contributed by atoms with van der Waals surface area (Å²) in [5, 5.41) is 2.24. The fourth-order valence-electron chi connectivity index (χ4n) is 1.88. The van der Waals surface area contributed by atoms with Gasteiger partial charge in [-0.25, -0.2) is 18.6 Å². The Morgan fingerprint density at radius 2 is 2.08 bits per heavy atom. The van der Waals surface area contributed by atoms with Crippen molar-refractivity contribution in [3.63, 3.8) is 0 Å². The van der Waals surface area contributed by atoms with Crippen molar-refractivity contribution in [2.45, 2.75) is 13.3 Å². The number of anilines is 1. The predicted octanol–water partition coefficient (Wildman–Crippen LogP) is 4.16. The summed E-state index contributed by atoms with van der Waals surface area (Å²) < 4.78 is 32.2. The molecule has 0 spiro atoms. The number of esters is 1. The lowest BCUT2D eigenvalue weighted by Crippen LogP contribution is -2.12. The van der Waals surface area contributed by atoms with Crippen LogP contribution in [0.25, 0.3) is 0 Å². The average molecular weight is 388 g/mol. The molecule has 0 aliphatic rings. The summed E-state index contributed by atoms with van der Waals surface area (Å²) in [5.41, 5.74) is 0.451. The van der Waals surface area contributed by atoms with Gasteiger partial charge in [-0.15, -0.1) is 0 Å². The van der Waals surface area contributed by atoms with Crippen LogP contribution in [0.2, 0.25) is 10.3 Å². The molecular formula is C16H13Cl2F2N3O2. The molecule has 0 aliphatic heterocycles. The van der Waals surface area contributed by atoms with Crippen LogP contribution in [0, 0.1) is 11.6 Å². The van der Waals surface area contributed by atoms with Gasteiger partial charge in [0.1, 0.15) is 5.15 Å². The van der Waals surface area contributed by atoms with E-state index < -0.39 is 17.6 Å². The average Bonchev–Trinajstić information content (AvgIpc) is 2.57. The first-order valence-electron chi connectivity index (χ1n) is 7.15. The predicted molar refractivity (Wildman–Crippen MR) is 90.5 cm³/mol. The molecule has 2 heterocycles. The number of pyridine rings is 2. The molecule has 0 fully saturated rings. The number of nitrogens with zero attached hydrogens (tertiary/aromatic N) is 2. The highest BCUT2D eigenvalue weighted by atomic mass is 35.5. The molecule has 0 unspecified atom stereocenters. The van der Waals surface area contributed by atoms with Crippen LogP contribution < -0.4 is 5.32 Å². The van der Waals surface area contributed by atoms with E-state index in [0.717, 1.165) is 12.3 Å². The topological polar surface area (TPSA) is 64.1 Å². The minimum absolute atomic E-state index is 0.0447. The Bertz CT molecular complexity index is 816. The van der Waals surface area contributed by atoms with Crippen molar-refractivity contribution in [2.24, 2.45) is 0 Å². The van der Waals surface area contributed by atoms with Gasteiger partial charge in [0.2, 0.25) is 0 Å². The molecule has 0 atom stereocenters. The van der Waals surface area contributed by atoms with Crippen LogP contribution in [-0.4, -0.2) is 22.5 Å². The molecule has 0 aliphatic carbocycles. The molecule has 0 aromatic carbocycles. The lowest BCUT2D eigenvalue weighted by molar-refractivity contribution is -0.138. The number of hydrogen-bond donors (Lipinski definition) is 1. The molecule has 132 valence electrons. The Kier molecular flexibility index (Phi) is 6.66. The summed E-state index contributed by atoms with van der Waals surface area (Å²) in [5.74, 6) is -2.02. The molecule has 0 saturated carbocycles. The molecular weight excluding hydrogens is 375 g/mol. The van der Waals surface area contributed by atoms with E-state index in [4.69, 9.17) is 27.9 Å². The Labute approximate surface area is 152 Å². The Balaban J connectivity index is 2.30. The van der Waals surface area contributed by atoms with E-state index in [-0.39, 0.29) is 40.2 Å². The minimum Gasteiger partial charge on any atom is -0.463 e. The molecule has 0 bridgehead atoms. The van der Waals surface area contributed by atoms with Crippen molar-refractivity contribution >= 4 is 34.9 Å². The van der Waals surface area contributed by atoms with Gasteiger partial charge in [-0.3, -0.25) is 4.98 Å². The van der Waals surface area contributed by atoms with E-state index in [1.807, 2.05) is 0 Å². The van der Waals surface area contributed by atoms with Crippen LogP contribution in [0.3, 0.4) is 0 Å². The van der Waals surface area contributed by atoms with Crippen LogP contribution in [0.5, 0.6) is 0 Å². The van der Waals surface area contributed by atoms with E-state index >= 15 is 0 Å². The number of ether oxygens (including phenoxy) is 1. The molecule has 25 heavy (non-hydrogen) atoms. The first kappa shape index (κ1) is 19.1. The zero-order valence-electron chi connectivity index (χ0n) is 13.0. The molecule has 0 saturated heterocycles. The molecule has 1 N–H and O–H groups in total. The van der Waals surface area contributed by atoms with Gasteiger partial charge >= 0.3 is 5.97 Å². The van der Waals surface area contributed by atoms with Crippen LogP contribution in [-0.2, 0) is 16.0 Å². The van der Waals surface area contributed by atoms with Gasteiger partial charge in [0.15, 0.2) is 16.8 Å². The van der Waals surface area contributed by atoms with E-state index in [0.29, 0.717) is 0 Å². The first-order valence-corrected chi connectivity index (χ1v) is 7.90. The molecule has 2 aromatic heterocycles. The lowest BCUT2D eigenvalue weighted by atomic mass is 10.1. The largest absolute Gasteiger partial charge is 0.463 e. The maximum Gasteiger partial charge on any atom is 0.335 e. The number of rotatable bonds is 6. The highest BCUT2D eigenvalue weighted by Crippen LogP contribution is 2.23. The molecule has 0 amide bonds. The standard InChI is InChI=1S/C16H13Cl2F2N3O2/c1-2-25-16(24)10(7-22-13-3-4-21-8-12(13)20)5-9-6-11(19)15(18)23-14(9)17/h3-4,6-8H,2,5H2,1H3,(H,21,22). The van der Waals surface area contributed by atoms with Gasteiger partial charge in [0, 0.05) is 18.8 Å². The third-order valence-electron chi connectivity index (χ3n) is 3.05. The molecule has 2 rings (SSSR count). The number of aromatic nitrogens is 2. The maximum absolute atomic E-state index is 13.6. The van der Waals surface area contributed by atoms with Gasteiger partial charge in [-0.1, -0.05) is 23.2 Å². The van der Waals surface area contributed by atoms with Crippen molar-refractivity contribution < 1.29 is 18.3 Å². The summed E-state index contributed by atoms with van der Waals surface area (Å²) in [4.78, 5) is 19.4. The molecule has 5 nitrogen and oxygen atoms in total. The van der Waals surface area contributed by atoms with Crippen LogP contribution in [0.4, 0.5) is 14.5 Å². The second kappa shape index (κ2) is 8.73. The smallest absolute Gasteiger partial charge is 0.335 e. The Morgan fingerprint density at radius 3 is 2.76 bits per heavy atom. The van der Waals surface area contributed by atoms with Crippen LogP contribution in [0.1, 0.15) is 12.5 Å². The monoisotopic (exact) mass is 387 g/mol. The summed E-state index contributed by atoms with van der Waals surface area (Å²) in [6.07, 6.45) is 3.59. The van der Waals surface area contributed by atoms with Crippen molar-refractivity contribution in [1.29, 1.82) is 0 Å². The van der Waals surface area contributed by atoms with E-state index in [1.54, 1.807) is 6.92 Å². The number of carbonyl (C=O) groups excluding carboxylic acids is 1. The van der Waals surface area contributed by atoms with Crippen molar-refractivity contribution in [3.05, 3.63) is 63.8 Å². The first-order chi connectivity index (χ1) is 11.9. The maximum atomic E-state index is 13.6. The summed E-state index contributed by atoms with van der Waals surface area (Å²) in [7, 11) is 0. The zero-order valence-corrected chi connectivity index (χ0v) is 14.5. The van der Waals surface area contributed by atoms with E-state index in [1.165, 1.54) is 18.5 Å². The highest BCUT2D eigenvalue weighted by Gasteiger charge is 2.16. The van der Waals surface area contributed by atoms with E-state index in [9.17, 15) is 13.6 Å². The minimum atomic E-state index is -0.766. The van der Waals surface area contributed by atoms with Gasteiger partial charge in [0.05, 0.1) is 24.1 Å². The number of halogens is 4. The van der Waals surface area contributed by atoms with Gasteiger partial charge in [-0.2, -0.15) is 0 Å². The number of hydrogen-bond acceptors (Lipinski definition) is 5.